The second kappa shape index (κ2) is 7.79. The molecule has 0 amide bonds. The van der Waals surface area contributed by atoms with Crippen molar-refractivity contribution in [2.45, 2.75) is 70.6 Å². The fourth-order valence-corrected chi connectivity index (χ4v) is 8.07. The Labute approximate surface area is 204 Å². The van der Waals surface area contributed by atoms with Gasteiger partial charge in [0.25, 0.3) is 0 Å². The number of esters is 1. The van der Waals surface area contributed by atoms with Crippen LogP contribution in [-0.4, -0.2) is 69.9 Å². The molecule has 1 heterocycles. The molecule has 192 valence electrons. The Morgan fingerprint density at radius 3 is 2.63 bits per heavy atom. The van der Waals surface area contributed by atoms with Gasteiger partial charge in [-0.15, -0.1) is 0 Å². The first-order valence-corrected chi connectivity index (χ1v) is 12.3. The summed E-state index contributed by atoms with van der Waals surface area (Å²) in [4.78, 5) is 37.7. The third-order valence-electron chi connectivity index (χ3n) is 9.51. The molecule has 0 bridgehead atoms. The quantitative estimate of drug-likeness (QED) is 0.390. The molecule has 8 atom stereocenters. The average Bonchev–Trinajstić information content (AvgIpc) is 3.29. The first-order valence-electron chi connectivity index (χ1n) is 12.3. The molecule has 35 heavy (non-hydrogen) atoms. The van der Waals surface area contributed by atoms with E-state index in [9.17, 15) is 29.7 Å². The molecule has 8 unspecified atom stereocenters. The zero-order valence-electron chi connectivity index (χ0n) is 20.5. The Balaban J connectivity index is 1.53. The van der Waals surface area contributed by atoms with Gasteiger partial charge in [-0.05, 0) is 36.8 Å². The van der Waals surface area contributed by atoms with E-state index in [4.69, 9.17) is 14.2 Å². The number of hydrogen-bond acceptors (Lipinski definition) is 9. The summed E-state index contributed by atoms with van der Waals surface area (Å²) in [6, 6.07) is 0. The van der Waals surface area contributed by atoms with E-state index in [2.05, 4.69) is 0 Å². The molecule has 0 radical (unpaired) electrons. The second-order valence-electron chi connectivity index (χ2n) is 11.7. The van der Waals surface area contributed by atoms with Crippen molar-refractivity contribution in [3.05, 3.63) is 23.8 Å². The van der Waals surface area contributed by atoms with Crippen molar-refractivity contribution < 1.29 is 43.9 Å². The monoisotopic (exact) mass is 490 g/mol. The lowest BCUT2D eigenvalue weighted by Crippen LogP contribution is -2.65. The van der Waals surface area contributed by atoms with E-state index >= 15 is 0 Å². The van der Waals surface area contributed by atoms with Gasteiger partial charge in [-0.1, -0.05) is 33.8 Å². The predicted octanol–water partition coefficient (Wildman–Crippen LogP) is 1.05. The number of hydrogen-bond donors (Lipinski definition) is 3. The largest absolute Gasteiger partial charge is 0.457 e. The number of Topliss-reactive ketones (excluding diaryl/α,β-unsaturated/α-hetero) is 1. The highest BCUT2D eigenvalue weighted by Crippen LogP contribution is 2.70. The Morgan fingerprint density at radius 2 is 1.94 bits per heavy atom. The normalized spacial score (nSPS) is 45.3. The van der Waals surface area contributed by atoms with Gasteiger partial charge in [-0.25, -0.2) is 0 Å². The molecule has 1 aliphatic heterocycles. The summed E-state index contributed by atoms with van der Waals surface area (Å²) >= 11 is 0. The van der Waals surface area contributed by atoms with E-state index in [1.165, 1.54) is 12.2 Å². The highest BCUT2D eigenvalue weighted by molar-refractivity contribution is 6.01. The number of allylic oxidation sites excluding steroid dienone is 3. The van der Waals surface area contributed by atoms with Crippen LogP contribution in [-0.2, 0) is 28.6 Å². The van der Waals surface area contributed by atoms with E-state index in [0.717, 1.165) is 0 Å². The molecule has 5 aliphatic rings. The molecule has 9 heteroatoms. The molecule has 0 spiro atoms. The van der Waals surface area contributed by atoms with E-state index in [1.54, 1.807) is 19.9 Å². The van der Waals surface area contributed by atoms with Crippen LogP contribution in [0.15, 0.2) is 23.8 Å². The summed E-state index contributed by atoms with van der Waals surface area (Å²) in [5, 5.41) is 33.7. The average molecular weight is 491 g/mol. The van der Waals surface area contributed by atoms with Crippen LogP contribution in [0, 0.1) is 34.5 Å². The molecule has 0 aromatic rings. The molecule has 0 aromatic heterocycles. The summed E-state index contributed by atoms with van der Waals surface area (Å²) in [7, 11) is 0. The predicted molar refractivity (Wildman–Crippen MR) is 120 cm³/mol. The highest BCUT2D eigenvalue weighted by Gasteiger charge is 2.76. The van der Waals surface area contributed by atoms with Crippen molar-refractivity contribution in [1.29, 1.82) is 0 Å². The molecule has 1 saturated heterocycles. The van der Waals surface area contributed by atoms with Crippen molar-refractivity contribution in [1.82, 2.24) is 0 Å². The molecule has 4 aliphatic carbocycles. The van der Waals surface area contributed by atoms with Gasteiger partial charge in [-0.3, -0.25) is 14.4 Å². The van der Waals surface area contributed by atoms with Crippen LogP contribution in [0.5, 0.6) is 0 Å². The summed E-state index contributed by atoms with van der Waals surface area (Å²) in [5.41, 5.74) is -3.05. The highest BCUT2D eigenvalue weighted by atomic mass is 16.7. The van der Waals surface area contributed by atoms with Gasteiger partial charge >= 0.3 is 5.97 Å². The minimum atomic E-state index is -2.24. The SMILES string of the molecule is CC(C)C(=O)OCC(=O)C12OCOC1CC1C3CC(O)(O)C4=CC(=O)C=CC4(C)C3C(O)CC12C. The van der Waals surface area contributed by atoms with Gasteiger partial charge < -0.3 is 29.5 Å². The van der Waals surface area contributed by atoms with E-state index in [-0.39, 0.29) is 48.7 Å². The Hall–Kier alpha value is -1.91. The van der Waals surface area contributed by atoms with Crippen LogP contribution in [0.4, 0.5) is 0 Å². The van der Waals surface area contributed by atoms with Gasteiger partial charge in [0.2, 0.25) is 5.78 Å². The molecule has 4 fully saturated rings. The first-order chi connectivity index (χ1) is 16.3. The Kier molecular flexibility index (Phi) is 5.51. The van der Waals surface area contributed by atoms with Crippen LogP contribution in [0.3, 0.4) is 0 Å². The maximum atomic E-state index is 13.6. The van der Waals surface area contributed by atoms with Crippen molar-refractivity contribution in [2.24, 2.45) is 34.5 Å². The number of ether oxygens (including phenoxy) is 3. The maximum Gasteiger partial charge on any atom is 0.308 e. The topological polar surface area (TPSA) is 140 Å². The molecule has 0 aromatic carbocycles. The molecule has 9 nitrogen and oxygen atoms in total. The fraction of sp³-hybridized carbons (Fsp3) is 0.731. The summed E-state index contributed by atoms with van der Waals surface area (Å²) in [6.07, 6.45) is 3.40. The first kappa shape index (κ1) is 24.8. The lowest BCUT2D eigenvalue weighted by atomic mass is 9.45. The van der Waals surface area contributed by atoms with E-state index < -0.39 is 58.7 Å². The van der Waals surface area contributed by atoms with Gasteiger partial charge in [0.15, 0.2) is 23.8 Å². The number of aliphatic hydroxyl groups excluding tert-OH is 1. The number of carbonyl (C=O) groups excluding carboxylic acids is 3. The third-order valence-corrected chi connectivity index (χ3v) is 9.51. The van der Waals surface area contributed by atoms with Crippen molar-refractivity contribution in [3.63, 3.8) is 0 Å². The van der Waals surface area contributed by atoms with Crippen molar-refractivity contribution in [2.75, 3.05) is 13.4 Å². The Bertz CT molecular complexity index is 1030. The van der Waals surface area contributed by atoms with Crippen LogP contribution >= 0.6 is 0 Å². The minimum Gasteiger partial charge on any atom is -0.457 e. The number of rotatable bonds is 4. The number of carbonyl (C=O) groups is 3. The van der Waals surface area contributed by atoms with Crippen LogP contribution in [0.1, 0.15) is 47.0 Å². The molecular weight excluding hydrogens is 456 g/mol. The van der Waals surface area contributed by atoms with Gasteiger partial charge in [0.1, 0.15) is 6.79 Å². The third kappa shape index (κ3) is 3.21. The fourth-order valence-electron chi connectivity index (χ4n) is 8.07. The van der Waals surface area contributed by atoms with E-state index in [0.29, 0.717) is 6.42 Å². The van der Waals surface area contributed by atoms with Crippen molar-refractivity contribution >= 4 is 17.5 Å². The number of ketones is 2. The number of fused-ring (bicyclic) bond motifs is 7. The molecule has 3 saturated carbocycles. The van der Waals surface area contributed by atoms with Gasteiger partial charge in [-0.2, -0.15) is 0 Å². The summed E-state index contributed by atoms with van der Waals surface area (Å²) in [6.45, 7) is 6.54. The van der Waals surface area contributed by atoms with E-state index in [1.807, 2.05) is 13.8 Å². The zero-order chi connectivity index (χ0) is 25.6. The van der Waals surface area contributed by atoms with Gasteiger partial charge in [0.05, 0.1) is 18.1 Å². The lowest BCUT2D eigenvalue weighted by Gasteiger charge is -2.61. The smallest absolute Gasteiger partial charge is 0.308 e. The van der Waals surface area contributed by atoms with Crippen LogP contribution in [0.25, 0.3) is 0 Å². The standard InChI is InChI=1S/C26H34O9/c1-13(2)22(30)33-11-19(29)26-20(34-12-35-26)8-16-15-9-25(31,32)18-7-14(27)5-6-23(18,3)21(15)17(28)10-24(16,26)4/h5-7,13,15-17,20-21,28,31-32H,8-12H2,1-4H3. The summed E-state index contributed by atoms with van der Waals surface area (Å²) in [5.74, 6) is -4.87. The second-order valence-corrected chi connectivity index (χ2v) is 11.7. The van der Waals surface area contributed by atoms with Gasteiger partial charge in [0, 0.05) is 28.7 Å². The zero-order valence-corrected chi connectivity index (χ0v) is 20.5. The Morgan fingerprint density at radius 1 is 1.23 bits per heavy atom. The molecular formula is C26H34O9. The lowest BCUT2D eigenvalue weighted by molar-refractivity contribution is -0.230. The van der Waals surface area contributed by atoms with Crippen LogP contribution in [0.2, 0.25) is 0 Å². The van der Waals surface area contributed by atoms with Crippen LogP contribution < -0.4 is 0 Å². The van der Waals surface area contributed by atoms with Crippen molar-refractivity contribution in [3.8, 4) is 0 Å². The minimum absolute atomic E-state index is 0.0829. The maximum absolute atomic E-state index is 13.6. The number of aliphatic hydroxyl groups is 3. The molecule has 3 N–H and O–H groups in total. The summed E-state index contributed by atoms with van der Waals surface area (Å²) < 4.78 is 17.2. The molecule has 5 rings (SSSR count).